The first-order valence-corrected chi connectivity index (χ1v) is 9.79. The van der Waals surface area contributed by atoms with Gasteiger partial charge in [-0.3, -0.25) is 4.68 Å². The summed E-state index contributed by atoms with van der Waals surface area (Å²) in [6, 6.07) is 0.265. The van der Waals surface area contributed by atoms with E-state index >= 15 is 0 Å². The van der Waals surface area contributed by atoms with Crippen LogP contribution in [0.4, 0.5) is 0 Å². The van der Waals surface area contributed by atoms with Crippen LogP contribution < -0.4 is 10.6 Å². The summed E-state index contributed by atoms with van der Waals surface area (Å²) in [4.78, 5) is 9.26. The van der Waals surface area contributed by atoms with E-state index in [9.17, 15) is 0 Å². The van der Waals surface area contributed by atoms with Gasteiger partial charge in [0.15, 0.2) is 5.96 Å². The largest absolute Gasteiger partial charge is 0.357 e. The van der Waals surface area contributed by atoms with E-state index in [1.807, 2.05) is 11.7 Å². The van der Waals surface area contributed by atoms with E-state index in [0.717, 1.165) is 36.7 Å². The molecule has 8 heteroatoms. The third-order valence-electron chi connectivity index (χ3n) is 4.20. The van der Waals surface area contributed by atoms with Crippen LogP contribution in [0.1, 0.15) is 48.4 Å². The Hall–Kier alpha value is -1.16. The number of thiazole rings is 1. The Balaban J connectivity index is 0.00000338. The Labute approximate surface area is 177 Å². The number of aliphatic imine (C=N–C) groups is 1. The topological polar surface area (TPSA) is 67.1 Å². The fourth-order valence-corrected chi connectivity index (χ4v) is 3.50. The molecule has 2 heterocycles. The van der Waals surface area contributed by atoms with Crippen LogP contribution >= 0.6 is 35.3 Å². The zero-order chi connectivity index (χ0) is 18.4. The van der Waals surface area contributed by atoms with Gasteiger partial charge in [0.1, 0.15) is 0 Å². The molecule has 2 aromatic rings. The fraction of sp³-hybridized carbons (Fsp3) is 0.611. The molecule has 0 radical (unpaired) electrons. The average molecular weight is 490 g/mol. The molecule has 0 aliphatic heterocycles. The molecular formula is C18H31IN6S. The molecule has 0 saturated heterocycles. The van der Waals surface area contributed by atoms with Crippen molar-refractivity contribution in [1.29, 1.82) is 0 Å². The van der Waals surface area contributed by atoms with Crippen LogP contribution in [0.15, 0.2) is 10.4 Å². The van der Waals surface area contributed by atoms with Gasteiger partial charge in [0, 0.05) is 30.7 Å². The second kappa shape index (κ2) is 10.9. The van der Waals surface area contributed by atoms with Crippen LogP contribution in [-0.2, 0) is 26.4 Å². The standard InChI is InChI=1S/C18H30N6S.HI/c1-7-17-22-15(11-25-17)10-20-18(19-8-2)21-12(3)9-16-13(4)23-24(6)14(16)5;/h11-12H,7-10H2,1-6H3,(H2,19,20,21);1H. The van der Waals surface area contributed by atoms with Crippen molar-refractivity contribution in [2.24, 2.45) is 12.0 Å². The smallest absolute Gasteiger partial charge is 0.191 e. The number of nitrogens with one attached hydrogen (secondary N) is 2. The third-order valence-corrected chi connectivity index (χ3v) is 5.24. The minimum absolute atomic E-state index is 0. The van der Waals surface area contributed by atoms with Crippen molar-refractivity contribution in [2.75, 3.05) is 6.54 Å². The second-order valence-electron chi connectivity index (χ2n) is 6.30. The summed E-state index contributed by atoms with van der Waals surface area (Å²) < 4.78 is 1.95. The molecule has 2 N–H and O–H groups in total. The van der Waals surface area contributed by atoms with E-state index in [1.54, 1.807) is 11.3 Å². The highest BCUT2D eigenvalue weighted by atomic mass is 127. The minimum atomic E-state index is 0. The molecule has 0 aliphatic rings. The van der Waals surface area contributed by atoms with Gasteiger partial charge >= 0.3 is 0 Å². The number of nitrogens with zero attached hydrogens (tertiary/aromatic N) is 4. The molecule has 0 spiro atoms. The van der Waals surface area contributed by atoms with Gasteiger partial charge in [0.25, 0.3) is 0 Å². The maximum absolute atomic E-state index is 4.68. The second-order valence-corrected chi connectivity index (χ2v) is 7.25. The summed E-state index contributed by atoms with van der Waals surface area (Å²) in [5.74, 6) is 0.834. The molecule has 2 rings (SSSR count). The monoisotopic (exact) mass is 490 g/mol. The van der Waals surface area contributed by atoms with Crippen molar-refractivity contribution in [3.05, 3.63) is 33.0 Å². The maximum Gasteiger partial charge on any atom is 0.191 e. The zero-order valence-electron chi connectivity index (χ0n) is 16.6. The van der Waals surface area contributed by atoms with Crippen LogP contribution in [0.3, 0.4) is 0 Å². The summed E-state index contributed by atoms with van der Waals surface area (Å²) in [5.41, 5.74) is 4.67. The van der Waals surface area contributed by atoms with Gasteiger partial charge < -0.3 is 10.6 Å². The Kier molecular flexibility index (Phi) is 9.56. The predicted octanol–water partition coefficient (Wildman–Crippen LogP) is 3.36. The Morgan fingerprint density at radius 2 is 2.08 bits per heavy atom. The fourth-order valence-electron chi connectivity index (χ4n) is 2.77. The van der Waals surface area contributed by atoms with Crippen molar-refractivity contribution in [3.8, 4) is 0 Å². The van der Waals surface area contributed by atoms with E-state index in [2.05, 4.69) is 65.7 Å². The van der Waals surface area contributed by atoms with E-state index in [4.69, 9.17) is 0 Å². The Morgan fingerprint density at radius 1 is 1.35 bits per heavy atom. The van der Waals surface area contributed by atoms with Crippen LogP contribution in [-0.4, -0.2) is 33.3 Å². The lowest BCUT2D eigenvalue weighted by atomic mass is 10.1. The number of rotatable bonds is 7. The maximum atomic E-state index is 4.68. The van der Waals surface area contributed by atoms with Gasteiger partial charge in [-0.05, 0) is 46.1 Å². The van der Waals surface area contributed by atoms with Gasteiger partial charge in [-0.15, -0.1) is 35.3 Å². The number of halogens is 1. The number of guanidine groups is 1. The molecule has 26 heavy (non-hydrogen) atoms. The highest BCUT2D eigenvalue weighted by Gasteiger charge is 2.14. The summed E-state index contributed by atoms with van der Waals surface area (Å²) >= 11 is 1.71. The van der Waals surface area contributed by atoms with E-state index in [1.165, 1.54) is 16.3 Å². The van der Waals surface area contributed by atoms with Gasteiger partial charge in [0.05, 0.1) is 22.9 Å². The van der Waals surface area contributed by atoms with Gasteiger partial charge in [-0.25, -0.2) is 9.98 Å². The van der Waals surface area contributed by atoms with E-state index in [-0.39, 0.29) is 30.0 Å². The molecule has 0 fully saturated rings. The number of aromatic nitrogens is 3. The van der Waals surface area contributed by atoms with E-state index in [0.29, 0.717) is 6.54 Å². The predicted molar refractivity (Wildman–Crippen MR) is 121 cm³/mol. The van der Waals surface area contributed by atoms with Gasteiger partial charge in [-0.2, -0.15) is 5.10 Å². The zero-order valence-corrected chi connectivity index (χ0v) is 19.7. The molecule has 0 aromatic carbocycles. The summed E-state index contributed by atoms with van der Waals surface area (Å²) in [6.45, 7) is 12.0. The lowest BCUT2D eigenvalue weighted by molar-refractivity contribution is 0.635. The first-order chi connectivity index (χ1) is 11.9. The average Bonchev–Trinajstić information content (AvgIpc) is 3.13. The number of hydrogen-bond acceptors (Lipinski definition) is 4. The van der Waals surface area contributed by atoms with E-state index < -0.39 is 0 Å². The first-order valence-electron chi connectivity index (χ1n) is 8.91. The molecule has 0 aliphatic carbocycles. The summed E-state index contributed by atoms with van der Waals surface area (Å²) in [6.07, 6.45) is 1.90. The van der Waals surface area contributed by atoms with Crippen molar-refractivity contribution in [3.63, 3.8) is 0 Å². The molecule has 6 nitrogen and oxygen atoms in total. The van der Waals surface area contributed by atoms with Crippen molar-refractivity contribution < 1.29 is 0 Å². The normalized spacial score (nSPS) is 12.6. The van der Waals surface area contributed by atoms with Crippen molar-refractivity contribution in [2.45, 2.75) is 60.0 Å². The number of hydrogen-bond donors (Lipinski definition) is 2. The van der Waals surface area contributed by atoms with Crippen molar-refractivity contribution in [1.82, 2.24) is 25.4 Å². The number of aryl methyl sites for hydroxylation is 3. The molecule has 0 amide bonds. The highest BCUT2D eigenvalue weighted by molar-refractivity contribution is 14.0. The molecule has 146 valence electrons. The van der Waals surface area contributed by atoms with Gasteiger partial charge in [-0.1, -0.05) is 6.92 Å². The lowest BCUT2D eigenvalue weighted by Crippen LogP contribution is -2.43. The first kappa shape index (κ1) is 22.9. The van der Waals surface area contributed by atoms with Crippen LogP contribution in [0.5, 0.6) is 0 Å². The van der Waals surface area contributed by atoms with Crippen LogP contribution in [0, 0.1) is 13.8 Å². The Morgan fingerprint density at radius 3 is 2.62 bits per heavy atom. The summed E-state index contributed by atoms with van der Waals surface area (Å²) in [5, 5.41) is 14.6. The van der Waals surface area contributed by atoms with Crippen LogP contribution in [0.2, 0.25) is 0 Å². The van der Waals surface area contributed by atoms with Crippen molar-refractivity contribution >= 4 is 41.3 Å². The third kappa shape index (κ3) is 6.22. The molecule has 2 aromatic heterocycles. The molecule has 0 saturated carbocycles. The highest BCUT2D eigenvalue weighted by Crippen LogP contribution is 2.14. The van der Waals surface area contributed by atoms with Crippen LogP contribution in [0.25, 0.3) is 0 Å². The quantitative estimate of drug-likeness (QED) is 0.355. The SMILES string of the molecule is CCNC(=NCc1csc(CC)n1)NC(C)Cc1c(C)nn(C)c1C.I. The Bertz CT molecular complexity index is 721. The molecule has 1 unspecified atom stereocenters. The molecule has 1 atom stereocenters. The minimum Gasteiger partial charge on any atom is -0.357 e. The molecule has 0 bridgehead atoms. The lowest BCUT2D eigenvalue weighted by Gasteiger charge is -2.18. The van der Waals surface area contributed by atoms with Gasteiger partial charge in [0.2, 0.25) is 0 Å². The summed E-state index contributed by atoms with van der Waals surface area (Å²) in [7, 11) is 1.99. The molecular weight excluding hydrogens is 459 g/mol.